The number of ether oxygens (including phenoxy) is 2. The van der Waals surface area contributed by atoms with E-state index in [0.717, 1.165) is 65.7 Å². The summed E-state index contributed by atoms with van der Waals surface area (Å²) in [6.45, 7) is 11.0. The predicted octanol–water partition coefficient (Wildman–Crippen LogP) is 1.88. The first-order valence-corrected chi connectivity index (χ1v) is 12.5. The van der Waals surface area contributed by atoms with E-state index in [0.29, 0.717) is 0 Å². The Bertz CT molecular complexity index is 858. The second-order valence-electron chi connectivity index (χ2n) is 7.45. The minimum atomic E-state index is -2.07. The Morgan fingerprint density at radius 1 is 0.889 bits per heavy atom. The number of nitrogens with zero attached hydrogens (tertiary/aromatic N) is 4. The third-order valence-electron chi connectivity index (χ3n) is 5.93. The second-order valence-corrected chi connectivity index (χ2v) is 11.6. The van der Waals surface area contributed by atoms with Gasteiger partial charge in [-0.1, -0.05) is 11.8 Å². The van der Waals surface area contributed by atoms with Gasteiger partial charge in [-0.15, -0.1) is 0 Å². The minimum Gasteiger partial charge on any atom is -0.379 e. The van der Waals surface area contributed by atoms with Gasteiger partial charge in [0.1, 0.15) is 6.34 Å². The Hall–Kier alpha value is -0.950. The molecule has 0 atom stereocenters. The van der Waals surface area contributed by atoms with Crippen LogP contribution in [0, 0.1) is 6.92 Å². The van der Waals surface area contributed by atoms with Crippen LogP contribution >= 0.6 is 6.34 Å². The lowest BCUT2D eigenvalue weighted by Gasteiger charge is -2.46. The molecule has 0 aromatic carbocycles. The molecular weight excluding hydrogens is 379 g/mol. The zero-order valence-electron chi connectivity index (χ0n) is 15.8. The van der Waals surface area contributed by atoms with Gasteiger partial charge in [0.15, 0.2) is 0 Å². The van der Waals surface area contributed by atoms with Crippen molar-refractivity contribution in [1.29, 1.82) is 0 Å². The van der Waals surface area contributed by atoms with Gasteiger partial charge in [0.05, 0.1) is 43.3 Å². The van der Waals surface area contributed by atoms with E-state index < -0.39 is 6.34 Å². The lowest BCUT2D eigenvalue weighted by molar-refractivity contribution is 0.0588. The van der Waals surface area contributed by atoms with Crippen molar-refractivity contribution in [3.8, 4) is 11.4 Å². The molecule has 0 bridgehead atoms. The second kappa shape index (κ2) is 7.14. The van der Waals surface area contributed by atoms with Gasteiger partial charge < -0.3 is 18.6 Å². The van der Waals surface area contributed by atoms with E-state index in [-0.39, 0.29) is 0 Å². The fourth-order valence-electron chi connectivity index (χ4n) is 4.65. The molecule has 0 saturated carbocycles. The number of morpholine rings is 2. The lowest BCUT2D eigenvalue weighted by atomic mass is 10.2. The van der Waals surface area contributed by atoms with E-state index >= 15 is 0 Å². The molecule has 27 heavy (non-hydrogen) atoms. The Kier molecular flexibility index (Phi) is 4.79. The summed E-state index contributed by atoms with van der Waals surface area (Å²) in [5.74, 6) is 0. The summed E-state index contributed by atoms with van der Waals surface area (Å²) in [5, 5.41) is 0. The van der Waals surface area contributed by atoms with Crippen molar-refractivity contribution in [2.24, 2.45) is 0 Å². The van der Waals surface area contributed by atoms with Gasteiger partial charge in [-0.2, -0.15) is 0 Å². The molecule has 5 heterocycles. The summed E-state index contributed by atoms with van der Waals surface area (Å²) in [4.78, 5) is 0. The molecule has 3 aliphatic heterocycles. The van der Waals surface area contributed by atoms with Crippen molar-refractivity contribution in [3.05, 3.63) is 30.0 Å². The first-order valence-electron chi connectivity index (χ1n) is 9.82. The van der Waals surface area contributed by atoms with E-state index in [1.54, 1.807) is 0 Å². The van der Waals surface area contributed by atoms with Crippen molar-refractivity contribution in [2.75, 3.05) is 52.6 Å². The molecule has 0 amide bonds. The summed E-state index contributed by atoms with van der Waals surface area (Å²) < 4.78 is 21.3. The quantitative estimate of drug-likeness (QED) is 0.728. The van der Waals surface area contributed by atoms with Gasteiger partial charge in [0.2, 0.25) is 0 Å². The van der Waals surface area contributed by atoms with E-state index in [1.165, 1.54) is 22.4 Å². The van der Waals surface area contributed by atoms with Gasteiger partial charge >= 0.3 is 0 Å². The van der Waals surface area contributed by atoms with Crippen molar-refractivity contribution in [1.82, 2.24) is 18.5 Å². The normalized spacial score (nSPS) is 21.8. The third-order valence-corrected chi connectivity index (χ3v) is 11.3. The highest BCUT2D eigenvalue weighted by molar-refractivity contribution is 8.15. The van der Waals surface area contributed by atoms with Gasteiger partial charge in [0.25, 0.3) is 0 Å². The van der Waals surface area contributed by atoms with Crippen LogP contribution in [0.25, 0.3) is 11.4 Å². The molecule has 8 heteroatoms. The highest BCUT2D eigenvalue weighted by Crippen LogP contribution is 2.54. The minimum absolute atomic E-state index is 0.776. The molecule has 2 fully saturated rings. The third kappa shape index (κ3) is 2.87. The Balaban J connectivity index is 1.66. The van der Waals surface area contributed by atoms with Crippen LogP contribution in [0.4, 0.5) is 0 Å². The maximum absolute atomic E-state index is 6.64. The van der Waals surface area contributed by atoms with E-state index in [2.05, 4.69) is 49.8 Å². The topological polar surface area (TPSA) is 34.8 Å². The summed E-state index contributed by atoms with van der Waals surface area (Å²) in [6.07, 6.45) is 0.109. The molecule has 0 radical (unpaired) electrons. The number of aromatic nitrogens is 2. The average Bonchev–Trinajstić information content (AvgIpc) is 3.32. The Morgan fingerprint density at radius 2 is 1.52 bits per heavy atom. The van der Waals surface area contributed by atoms with Crippen LogP contribution in [0.1, 0.15) is 5.56 Å². The lowest BCUT2D eigenvalue weighted by Crippen LogP contribution is -2.48. The molecule has 5 rings (SSSR count). The summed E-state index contributed by atoms with van der Waals surface area (Å²) in [5.41, 5.74) is 5.33. The largest absolute Gasteiger partial charge is 0.379 e. The van der Waals surface area contributed by atoms with Crippen molar-refractivity contribution in [2.45, 2.75) is 20.0 Å². The molecule has 0 N–H and O–H groups in total. The zero-order valence-corrected chi connectivity index (χ0v) is 17.6. The monoisotopic (exact) mass is 406 g/mol. The number of rotatable bonds is 3. The van der Waals surface area contributed by atoms with Crippen molar-refractivity contribution < 1.29 is 9.47 Å². The fraction of sp³-hybridized carbons (Fsp3) is 0.579. The molecule has 0 aliphatic carbocycles. The van der Waals surface area contributed by atoms with Gasteiger partial charge in [-0.05, 0) is 30.7 Å². The summed E-state index contributed by atoms with van der Waals surface area (Å²) in [7, 11) is 0. The Morgan fingerprint density at radius 3 is 2.15 bits per heavy atom. The van der Waals surface area contributed by atoms with Gasteiger partial charge in [-0.25, -0.2) is 0 Å². The Labute approximate surface area is 165 Å². The van der Waals surface area contributed by atoms with Gasteiger partial charge in [-0.3, -0.25) is 9.34 Å². The molecule has 6 nitrogen and oxygen atoms in total. The number of hydrogen-bond donors (Lipinski definition) is 0. The van der Waals surface area contributed by atoms with Crippen LogP contribution in [0.2, 0.25) is 0 Å². The SMILES string of the molecule is Cc1cc2n(c1P(=S)(N1CCOCC1)N1CCOCC1)CCn1cccc1-2. The zero-order chi connectivity index (χ0) is 18.4. The molecule has 3 aliphatic rings. The molecule has 2 aromatic heterocycles. The van der Waals surface area contributed by atoms with Crippen LogP contribution in [0.15, 0.2) is 24.4 Å². The predicted molar refractivity (Wildman–Crippen MR) is 111 cm³/mol. The molecule has 0 spiro atoms. The average molecular weight is 406 g/mol. The molecular formula is C19H27N4O2PS. The molecule has 2 saturated heterocycles. The highest BCUT2D eigenvalue weighted by atomic mass is 32.4. The first kappa shape index (κ1) is 18.1. The maximum Gasteiger partial charge on any atom is 0.123 e. The molecule has 0 unspecified atom stereocenters. The van der Waals surface area contributed by atoms with Crippen LogP contribution in [-0.2, 0) is 34.4 Å². The molecule has 146 valence electrons. The summed E-state index contributed by atoms with van der Waals surface area (Å²) >= 11 is 6.64. The number of aryl methyl sites for hydroxylation is 2. The number of fused-ring (bicyclic) bond motifs is 3. The van der Waals surface area contributed by atoms with Crippen LogP contribution < -0.4 is 5.44 Å². The van der Waals surface area contributed by atoms with Gasteiger partial charge in [0, 0.05) is 45.5 Å². The highest BCUT2D eigenvalue weighted by Gasteiger charge is 2.40. The smallest absolute Gasteiger partial charge is 0.123 e. The van der Waals surface area contributed by atoms with Crippen molar-refractivity contribution in [3.63, 3.8) is 0 Å². The number of hydrogen-bond acceptors (Lipinski definition) is 3. The standard InChI is InChI=1S/C19H27N4O2PS/c1-16-15-18-17-3-2-4-20(17)5-6-23(18)19(16)26(27,21-7-11-24-12-8-21)22-9-13-25-14-10-22/h2-4,15H,5-14H2,1H3. The fourth-order valence-corrected chi connectivity index (χ4v) is 9.70. The van der Waals surface area contributed by atoms with E-state index in [1.807, 2.05) is 0 Å². The van der Waals surface area contributed by atoms with Crippen LogP contribution in [0.5, 0.6) is 0 Å². The van der Waals surface area contributed by atoms with Crippen LogP contribution in [0.3, 0.4) is 0 Å². The molecule has 2 aromatic rings. The maximum atomic E-state index is 6.64. The summed E-state index contributed by atoms with van der Waals surface area (Å²) in [6, 6.07) is 6.72. The first-order chi connectivity index (χ1) is 13.2. The van der Waals surface area contributed by atoms with Crippen molar-refractivity contribution >= 4 is 23.6 Å². The van der Waals surface area contributed by atoms with Crippen LogP contribution in [-0.4, -0.2) is 71.1 Å². The van der Waals surface area contributed by atoms with E-state index in [4.69, 9.17) is 21.3 Å². The van der Waals surface area contributed by atoms with E-state index in [9.17, 15) is 0 Å².